The van der Waals surface area contributed by atoms with E-state index in [0.29, 0.717) is 11.8 Å². The first-order chi connectivity index (χ1) is 8.20. The maximum absolute atomic E-state index is 3.09. The first-order valence-electron chi connectivity index (χ1n) is 7.36. The highest BCUT2D eigenvalue weighted by atomic mass is 14.1. The fourth-order valence-electron chi connectivity index (χ4n) is 1.49. The van der Waals surface area contributed by atoms with Gasteiger partial charge in [0.2, 0.25) is 0 Å². The van der Waals surface area contributed by atoms with Crippen LogP contribution in [0.5, 0.6) is 0 Å². The highest BCUT2D eigenvalue weighted by Gasteiger charge is 2.03. The lowest BCUT2D eigenvalue weighted by molar-refractivity contribution is 0.586. The summed E-state index contributed by atoms with van der Waals surface area (Å²) in [5.41, 5.74) is 1.59. The molecule has 0 radical (unpaired) electrons. The lowest BCUT2D eigenvalue weighted by Gasteiger charge is -2.12. The third-order valence-corrected chi connectivity index (χ3v) is 2.42. The first kappa shape index (κ1) is 19.6. The van der Waals surface area contributed by atoms with Gasteiger partial charge in [-0.05, 0) is 25.2 Å². The van der Waals surface area contributed by atoms with Gasteiger partial charge in [0.1, 0.15) is 0 Å². The van der Waals surface area contributed by atoms with Gasteiger partial charge in [-0.15, -0.1) is 11.8 Å². The van der Waals surface area contributed by atoms with E-state index in [1.165, 1.54) is 6.42 Å². The largest absolute Gasteiger partial charge is 0.100 e. The van der Waals surface area contributed by atoms with Crippen molar-refractivity contribution in [2.75, 3.05) is 0 Å². The van der Waals surface area contributed by atoms with Crippen LogP contribution in [0.4, 0.5) is 0 Å². The molecule has 0 fully saturated rings. The highest BCUT2D eigenvalue weighted by molar-refractivity contribution is 5.03. The molecule has 0 heterocycles. The molecule has 0 saturated heterocycles. The molecule has 0 atom stereocenters. The summed E-state index contributed by atoms with van der Waals surface area (Å²) in [6.07, 6.45) is 3.51. The van der Waals surface area contributed by atoms with Gasteiger partial charge >= 0.3 is 0 Å². The predicted octanol–water partition coefficient (Wildman–Crippen LogP) is 5.94. The Balaban J connectivity index is 0. The van der Waals surface area contributed by atoms with Crippen LogP contribution < -0.4 is 0 Å². The molecule has 0 spiro atoms. The lowest BCUT2D eigenvalue weighted by Crippen LogP contribution is -1.98. The van der Waals surface area contributed by atoms with E-state index in [0.717, 1.165) is 11.8 Å². The summed E-state index contributed by atoms with van der Waals surface area (Å²) >= 11 is 0. The van der Waals surface area contributed by atoms with E-state index in [9.17, 15) is 0 Å². The van der Waals surface area contributed by atoms with Crippen LogP contribution in [-0.2, 0) is 0 Å². The minimum absolute atomic E-state index is 0.525. The zero-order valence-electron chi connectivity index (χ0n) is 14.1. The van der Waals surface area contributed by atoms with Gasteiger partial charge < -0.3 is 0 Å². The molecule has 0 nitrogen and oxygen atoms in total. The number of allylic oxidation sites excluding steroid dienone is 2. The Kier molecular flexibility index (Phi) is 12.4. The molecule has 0 aliphatic rings. The Bertz CT molecular complexity index is 254. The molecule has 0 rings (SSSR count). The van der Waals surface area contributed by atoms with Crippen LogP contribution in [-0.4, -0.2) is 0 Å². The zero-order valence-corrected chi connectivity index (χ0v) is 14.1. The number of hydrogen-bond donors (Lipinski definition) is 0. The monoisotopic (exact) mass is 250 g/mol. The van der Waals surface area contributed by atoms with Crippen molar-refractivity contribution < 1.29 is 0 Å². The lowest BCUT2D eigenvalue weighted by atomic mass is 9.94. The Hall–Kier alpha value is -0.700. The molecule has 0 N–H and O–H groups in total. The van der Waals surface area contributed by atoms with Gasteiger partial charge in [-0.1, -0.05) is 67.0 Å². The van der Waals surface area contributed by atoms with Gasteiger partial charge in [-0.25, -0.2) is 0 Å². The van der Waals surface area contributed by atoms with E-state index in [1.54, 1.807) is 5.57 Å². The molecule has 106 valence electrons. The summed E-state index contributed by atoms with van der Waals surface area (Å²) in [5, 5.41) is 0. The first-order valence-corrected chi connectivity index (χ1v) is 7.36. The molecule has 0 aromatic heterocycles. The van der Waals surface area contributed by atoms with Gasteiger partial charge in [0.25, 0.3) is 0 Å². The molecule has 0 aromatic rings. The molecule has 0 saturated carbocycles. The van der Waals surface area contributed by atoms with Crippen molar-refractivity contribution in [2.45, 2.75) is 68.7 Å². The molecule has 0 heteroatoms. The molecule has 0 bridgehead atoms. The average Bonchev–Trinajstić information content (AvgIpc) is 2.23. The van der Waals surface area contributed by atoms with Crippen LogP contribution in [0.25, 0.3) is 0 Å². The van der Waals surface area contributed by atoms with E-state index in [2.05, 4.69) is 80.2 Å². The summed E-state index contributed by atoms with van der Waals surface area (Å²) in [4.78, 5) is 0. The van der Waals surface area contributed by atoms with Crippen molar-refractivity contribution in [3.05, 3.63) is 11.6 Å². The molecule has 0 aliphatic carbocycles. The molecule has 0 aliphatic heterocycles. The summed E-state index contributed by atoms with van der Waals surface area (Å²) in [6, 6.07) is 0. The van der Waals surface area contributed by atoms with E-state index < -0.39 is 0 Å². The normalized spacial score (nSPS) is 11.5. The third-order valence-electron chi connectivity index (χ3n) is 2.42. The molecule has 0 aromatic carbocycles. The molecular weight excluding hydrogens is 216 g/mol. The molecule has 0 amide bonds. The van der Waals surface area contributed by atoms with Gasteiger partial charge in [0.05, 0.1) is 0 Å². The van der Waals surface area contributed by atoms with Crippen molar-refractivity contribution in [1.29, 1.82) is 0 Å². The third kappa shape index (κ3) is 15.3. The standard InChI is InChI=1S/C10H20.C8H14/c1-6-10(9(4)5)7-8(2)3;1-7(2)5-6-8(3)4/h6,8-9H,7H2,1-5H3;7-8H,1-4H3/b10-6+;. The van der Waals surface area contributed by atoms with E-state index in [-0.39, 0.29) is 0 Å². The Morgan fingerprint density at radius 1 is 0.833 bits per heavy atom. The van der Waals surface area contributed by atoms with Crippen LogP contribution in [0.2, 0.25) is 0 Å². The van der Waals surface area contributed by atoms with E-state index >= 15 is 0 Å². The van der Waals surface area contributed by atoms with Crippen LogP contribution in [0, 0.1) is 35.5 Å². The van der Waals surface area contributed by atoms with Crippen molar-refractivity contribution >= 4 is 0 Å². The Morgan fingerprint density at radius 3 is 1.33 bits per heavy atom. The Morgan fingerprint density at radius 2 is 1.22 bits per heavy atom. The smallest absolute Gasteiger partial charge is 0.0146 e. The van der Waals surface area contributed by atoms with Gasteiger partial charge in [-0.3, -0.25) is 0 Å². The molecule has 0 unspecified atom stereocenters. The fourth-order valence-corrected chi connectivity index (χ4v) is 1.49. The van der Waals surface area contributed by atoms with Crippen molar-refractivity contribution in [3.63, 3.8) is 0 Å². The maximum Gasteiger partial charge on any atom is 0.0146 e. The second kappa shape index (κ2) is 11.4. The fraction of sp³-hybridized carbons (Fsp3) is 0.778. The highest BCUT2D eigenvalue weighted by Crippen LogP contribution is 2.18. The topological polar surface area (TPSA) is 0 Å². The molecule has 18 heavy (non-hydrogen) atoms. The minimum atomic E-state index is 0.525. The maximum atomic E-state index is 3.09. The van der Waals surface area contributed by atoms with E-state index in [4.69, 9.17) is 0 Å². The minimum Gasteiger partial charge on any atom is -0.100 e. The van der Waals surface area contributed by atoms with Gasteiger partial charge in [0, 0.05) is 11.8 Å². The summed E-state index contributed by atoms with van der Waals surface area (Å²) in [6.45, 7) is 19.6. The van der Waals surface area contributed by atoms with Crippen molar-refractivity contribution in [2.24, 2.45) is 23.7 Å². The quantitative estimate of drug-likeness (QED) is 0.430. The summed E-state index contributed by atoms with van der Waals surface area (Å²) in [7, 11) is 0. The zero-order chi connectivity index (χ0) is 14.7. The summed E-state index contributed by atoms with van der Waals surface area (Å²) < 4.78 is 0. The van der Waals surface area contributed by atoms with Crippen LogP contribution >= 0.6 is 0 Å². The summed E-state index contributed by atoms with van der Waals surface area (Å²) in [5.74, 6) is 8.77. The SMILES string of the molecule is C/C=C(\CC(C)C)C(C)C.CC(C)C#CC(C)C. The molecular formula is C18H34. The van der Waals surface area contributed by atoms with Crippen LogP contribution in [0.3, 0.4) is 0 Å². The van der Waals surface area contributed by atoms with Crippen molar-refractivity contribution in [1.82, 2.24) is 0 Å². The van der Waals surface area contributed by atoms with E-state index in [1.807, 2.05) is 0 Å². The van der Waals surface area contributed by atoms with Crippen LogP contribution in [0.1, 0.15) is 68.7 Å². The van der Waals surface area contributed by atoms with Gasteiger partial charge in [0.15, 0.2) is 0 Å². The van der Waals surface area contributed by atoms with Crippen molar-refractivity contribution in [3.8, 4) is 11.8 Å². The van der Waals surface area contributed by atoms with Gasteiger partial charge in [-0.2, -0.15) is 0 Å². The number of hydrogen-bond acceptors (Lipinski definition) is 0. The van der Waals surface area contributed by atoms with Crippen LogP contribution in [0.15, 0.2) is 11.6 Å². The average molecular weight is 250 g/mol. The number of rotatable bonds is 3. The Labute approximate surface area is 116 Å². The second-order valence-electron chi connectivity index (χ2n) is 6.21. The predicted molar refractivity (Wildman–Crippen MR) is 85.5 cm³/mol. The second-order valence-corrected chi connectivity index (χ2v) is 6.21.